The fourth-order valence-corrected chi connectivity index (χ4v) is 0. The molecule has 0 saturated carbocycles. The fourth-order valence-electron chi connectivity index (χ4n) is 0. The molecule has 0 aromatic carbocycles. The lowest BCUT2D eigenvalue weighted by Gasteiger charge is -1.73. The second-order valence-corrected chi connectivity index (χ2v) is 1.84. The molecule has 0 saturated heterocycles. The highest BCUT2D eigenvalue weighted by atomic mass is 16.2. The van der Waals surface area contributed by atoms with Gasteiger partial charge in [-0.05, 0) is 0 Å². The van der Waals surface area contributed by atoms with Crippen molar-refractivity contribution in [3.63, 3.8) is 0 Å². The molecule has 0 bridgehead atoms. The lowest BCUT2D eigenvalue weighted by atomic mass is 10.3. The van der Waals surface area contributed by atoms with E-state index in [0.29, 0.717) is 0 Å². The lowest BCUT2D eigenvalue weighted by Crippen LogP contribution is -2.01. The number of hydrogen-bond donors (Lipinski definition) is 0. The molecule has 0 aliphatic carbocycles. The van der Waals surface area contributed by atoms with Crippen LogP contribution in [0.25, 0.3) is 0 Å². The van der Waals surface area contributed by atoms with Gasteiger partial charge in [0.2, 0.25) is 0 Å². The van der Waals surface area contributed by atoms with Crippen LogP contribution in [0.1, 0.15) is 20.8 Å². The largest absolute Gasteiger partial charge is 0.295 e. The molecule has 0 aromatic heterocycles. The van der Waals surface area contributed by atoms with E-state index < -0.39 is 5.78 Å². The highest BCUT2D eigenvalue weighted by molar-refractivity contribution is 6.35. The summed E-state index contributed by atoms with van der Waals surface area (Å²) < 4.78 is 0. The minimum Gasteiger partial charge on any atom is -0.295 e. The Bertz CT molecular complexity index is 169. The second-order valence-electron chi connectivity index (χ2n) is 1.84. The first-order valence-electron chi connectivity index (χ1n) is 2.89. The van der Waals surface area contributed by atoms with E-state index in [1.807, 2.05) is 0 Å². The molecule has 0 amide bonds. The molecule has 4 nitrogen and oxygen atoms in total. The maximum absolute atomic E-state index is 9.79. The van der Waals surface area contributed by atoms with Crippen LogP contribution in [-0.4, -0.2) is 23.6 Å². The summed E-state index contributed by atoms with van der Waals surface area (Å²) in [5, 5.41) is 0. The highest BCUT2D eigenvalue weighted by Gasteiger charge is 1.94. The standard InChI is InChI=1S/C4H6O2.C3H4O2/c1-3(5)4(2)6;1-3(5)2-4/h1-2H3;2H,1H3. The summed E-state index contributed by atoms with van der Waals surface area (Å²) in [4.78, 5) is 38.2. The Morgan fingerprint density at radius 1 is 0.909 bits per heavy atom. The quantitative estimate of drug-likeness (QED) is 0.417. The molecule has 0 unspecified atom stereocenters. The molecule has 0 aliphatic rings. The minimum absolute atomic E-state index is 0.278. The van der Waals surface area contributed by atoms with Crippen LogP contribution in [0.2, 0.25) is 0 Å². The molecule has 0 spiro atoms. The summed E-state index contributed by atoms with van der Waals surface area (Å²) in [5.41, 5.74) is 0. The SMILES string of the molecule is CC(=O)C(C)=O.CC(=O)C=O. The second kappa shape index (κ2) is 6.80. The van der Waals surface area contributed by atoms with Crippen LogP contribution in [0.3, 0.4) is 0 Å². The van der Waals surface area contributed by atoms with E-state index in [1.54, 1.807) is 0 Å². The van der Waals surface area contributed by atoms with Crippen molar-refractivity contribution in [2.75, 3.05) is 0 Å². The molecule has 0 fully saturated rings. The van der Waals surface area contributed by atoms with Crippen molar-refractivity contribution in [2.45, 2.75) is 20.8 Å². The zero-order valence-electron chi connectivity index (χ0n) is 6.71. The van der Waals surface area contributed by atoms with Crippen molar-refractivity contribution in [3.05, 3.63) is 0 Å². The molecule has 0 heterocycles. The van der Waals surface area contributed by atoms with E-state index >= 15 is 0 Å². The van der Waals surface area contributed by atoms with E-state index in [2.05, 4.69) is 0 Å². The monoisotopic (exact) mass is 158 g/mol. The maximum Gasteiger partial charge on any atom is 0.195 e. The van der Waals surface area contributed by atoms with E-state index in [4.69, 9.17) is 4.79 Å². The van der Waals surface area contributed by atoms with Crippen LogP contribution in [0, 0.1) is 0 Å². The van der Waals surface area contributed by atoms with Gasteiger partial charge in [0, 0.05) is 20.8 Å². The van der Waals surface area contributed by atoms with Crippen molar-refractivity contribution >= 4 is 23.6 Å². The van der Waals surface area contributed by atoms with Gasteiger partial charge in [-0.25, -0.2) is 0 Å². The Morgan fingerprint density at radius 2 is 1.09 bits per heavy atom. The third-order valence-electron chi connectivity index (χ3n) is 0.662. The molecule has 0 atom stereocenters. The Kier molecular flexibility index (Phi) is 7.64. The van der Waals surface area contributed by atoms with Crippen molar-refractivity contribution in [1.82, 2.24) is 0 Å². The number of aldehydes is 1. The maximum atomic E-state index is 9.79. The summed E-state index contributed by atoms with van der Waals surface area (Å²) in [6.45, 7) is 3.72. The Balaban J connectivity index is 0. The molecule has 0 radical (unpaired) electrons. The van der Waals surface area contributed by atoms with E-state index in [-0.39, 0.29) is 17.9 Å². The third kappa shape index (κ3) is 17.7. The van der Waals surface area contributed by atoms with Gasteiger partial charge in [0.1, 0.15) is 0 Å². The average molecular weight is 158 g/mol. The minimum atomic E-state index is -0.426. The van der Waals surface area contributed by atoms with Crippen molar-refractivity contribution < 1.29 is 19.2 Å². The fraction of sp³-hybridized carbons (Fsp3) is 0.429. The van der Waals surface area contributed by atoms with Gasteiger partial charge in [-0.2, -0.15) is 0 Å². The van der Waals surface area contributed by atoms with E-state index in [1.165, 1.54) is 20.8 Å². The first-order valence-corrected chi connectivity index (χ1v) is 2.89. The molecule has 0 N–H and O–H groups in total. The number of hydrogen-bond acceptors (Lipinski definition) is 4. The predicted molar refractivity (Wildman–Crippen MR) is 38.1 cm³/mol. The molecule has 0 aliphatic heterocycles. The molecule has 4 heteroatoms. The number of carbonyl (C=O) groups excluding carboxylic acids is 4. The zero-order chi connectivity index (χ0) is 9.44. The molecular weight excluding hydrogens is 148 g/mol. The summed E-state index contributed by atoms with van der Waals surface area (Å²) >= 11 is 0. The molecule has 0 rings (SSSR count). The van der Waals surface area contributed by atoms with E-state index in [9.17, 15) is 14.4 Å². The topological polar surface area (TPSA) is 68.3 Å². The van der Waals surface area contributed by atoms with Crippen LogP contribution in [0.15, 0.2) is 0 Å². The Morgan fingerprint density at radius 3 is 1.09 bits per heavy atom. The summed E-state index contributed by atoms with van der Waals surface area (Å²) in [5.74, 6) is -1.19. The van der Waals surface area contributed by atoms with E-state index in [0.717, 1.165) is 0 Å². The summed E-state index contributed by atoms with van der Waals surface area (Å²) in [6.07, 6.45) is 0.278. The van der Waals surface area contributed by atoms with Gasteiger partial charge < -0.3 is 0 Å². The number of Topliss-reactive ketones (excluding diaryl/α,β-unsaturated/α-hetero) is 3. The first-order chi connectivity index (χ1) is 4.91. The predicted octanol–water partition coefficient (Wildman–Crippen LogP) is -0.0613. The van der Waals surface area contributed by atoms with Gasteiger partial charge in [0.25, 0.3) is 0 Å². The lowest BCUT2D eigenvalue weighted by molar-refractivity contribution is -0.134. The van der Waals surface area contributed by atoms with Gasteiger partial charge in [-0.1, -0.05) is 0 Å². The van der Waals surface area contributed by atoms with Gasteiger partial charge in [0.15, 0.2) is 23.6 Å². The van der Waals surface area contributed by atoms with Crippen LogP contribution in [0.4, 0.5) is 0 Å². The van der Waals surface area contributed by atoms with Gasteiger partial charge >= 0.3 is 0 Å². The van der Waals surface area contributed by atoms with Gasteiger partial charge in [-0.3, -0.25) is 19.2 Å². The smallest absolute Gasteiger partial charge is 0.195 e. The molecule has 0 aromatic rings. The summed E-state index contributed by atoms with van der Waals surface area (Å²) in [7, 11) is 0. The first kappa shape index (κ1) is 12.4. The van der Waals surface area contributed by atoms with Crippen molar-refractivity contribution in [3.8, 4) is 0 Å². The number of carbonyl (C=O) groups is 4. The Labute approximate surface area is 64.6 Å². The van der Waals surface area contributed by atoms with Gasteiger partial charge in [-0.15, -0.1) is 0 Å². The van der Waals surface area contributed by atoms with Crippen LogP contribution in [-0.2, 0) is 19.2 Å². The third-order valence-corrected chi connectivity index (χ3v) is 0.662. The molecular formula is C7H10O4. The van der Waals surface area contributed by atoms with Crippen molar-refractivity contribution in [1.29, 1.82) is 0 Å². The number of ketones is 3. The van der Waals surface area contributed by atoms with Crippen molar-refractivity contribution in [2.24, 2.45) is 0 Å². The van der Waals surface area contributed by atoms with Crippen LogP contribution < -0.4 is 0 Å². The highest BCUT2D eigenvalue weighted by Crippen LogP contribution is 1.66. The normalized spacial score (nSPS) is 7.18. The zero-order valence-corrected chi connectivity index (χ0v) is 6.71. The molecule has 62 valence electrons. The number of rotatable bonds is 2. The Hall–Kier alpha value is -1.32. The molecule has 11 heavy (non-hydrogen) atoms. The van der Waals surface area contributed by atoms with Gasteiger partial charge in [0.05, 0.1) is 0 Å². The van der Waals surface area contributed by atoms with Crippen LogP contribution >= 0.6 is 0 Å². The summed E-state index contributed by atoms with van der Waals surface area (Å²) in [6, 6.07) is 0. The average Bonchev–Trinajstić information content (AvgIpc) is 1.89. The van der Waals surface area contributed by atoms with Crippen LogP contribution in [0.5, 0.6) is 0 Å².